The number of allylic oxidation sites excluding steroid dienone is 1. The zero-order chi connectivity index (χ0) is 25.4. The van der Waals surface area contributed by atoms with E-state index < -0.39 is 0 Å². The van der Waals surface area contributed by atoms with Gasteiger partial charge in [-0.05, 0) is 53.2 Å². The van der Waals surface area contributed by atoms with Gasteiger partial charge in [0.1, 0.15) is 17.5 Å². The Morgan fingerprint density at radius 1 is 1.14 bits per heavy atom. The van der Waals surface area contributed by atoms with Crippen LogP contribution in [0, 0.1) is 17.3 Å². The minimum Gasteiger partial charge on any atom is -0.495 e. The number of para-hydroxylation sites is 2. The van der Waals surface area contributed by atoms with E-state index in [4.69, 9.17) is 9.73 Å². The Hall–Kier alpha value is -2.61. The van der Waals surface area contributed by atoms with Crippen LogP contribution in [0.3, 0.4) is 0 Å². The highest BCUT2D eigenvalue weighted by Gasteiger charge is 2.43. The number of anilines is 1. The fraction of sp³-hybridized carbons (Fsp3) is 0.571. The molecule has 0 bridgehead atoms. The van der Waals surface area contributed by atoms with Gasteiger partial charge in [0.15, 0.2) is 0 Å². The highest BCUT2D eigenvalue weighted by atomic mass is 32.2. The molecule has 2 atom stereocenters. The van der Waals surface area contributed by atoms with Gasteiger partial charge in [-0.1, -0.05) is 44.7 Å². The first-order valence-corrected chi connectivity index (χ1v) is 13.8. The maximum absolute atomic E-state index is 13.0. The van der Waals surface area contributed by atoms with Gasteiger partial charge in [0, 0.05) is 39.0 Å². The summed E-state index contributed by atoms with van der Waals surface area (Å²) < 4.78 is 5.49. The van der Waals surface area contributed by atoms with Crippen molar-refractivity contribution in [3.8, 4) is 5.75 Å². The van der Waals surface area contributed by atoms with E-state index in [0.717, 1.165) is 48.8 Å². The molecule has 2 amide bonds. The molecule has 36 heavy (non-hydrogen) atoms. The number of ether oxygens (including phenoxy) is 1. The van der Waals surface area contributed by atoms with Crippen LogP contribution in [0.15, 0.2) is 44.7 Å². The lowest BCUT2D eigenvalue weighted by Gasteiger charge is -2.36. The molecule has 5 rings (SSSR count). The molecular formula is C28H36N4O3S. The van der Waals surface area contributed by atoms with Gasteiger partial charge < -0.3 is 14.5 Å². The number of hydrogen-bond acceptors (Lipinski definition) is 6. The lowest BCUT2D eigenvalue weighted by molar-refractivity contribution is -0.131. The average Bonchev–Trinajstić information content (AvgIpc) is 3.25. The summed E-state index contributed by atoms with van der Waals surface area (Å²) in [5, 5.41) is 0.877. The normalized spacial score (nSPS) is 24.3. The lowest BCUT2D eigenvalue weighted by Crippen LogP contribution is -2.48. The fourth-order valence-electron chi connectivity index (χ4n) is 5.67. The first kappa shape index (κ1) is 25.1. The molecule has 0 spiro atoms. The van der Waals surface area contributed by atoms with Crippen molar-refractivity contribution < 1.29 is 14.3 Å². The number of carbonyl (C=O) groups excluding carboxylic acids is 2. The van der Waals surface area contributed by atoms with Gasteiger partial charge in [-0.25, -0.2) is 4.99 Å². The van der Waals surface area contributed by atoms with E-state index in [-0.39, 0.29) is 23.1 Å². The number of methoxy groups -OCH3 is 1. The first-order valence-electron chi connectivity index (χ1n) is 13.0. The predicted molar refractivity (Wildman–Crippen MR) is 146 cm³/mol. The number of thioether (sulfide) groups is 1. The number of benzene rings is 1. The molecule has 8 heteroatoms. The molecule has 1 saturated heterocycles. The molecule has 1 aromatic carbocycles. The number of amidine groups is 1. The number of amides is 2. The summed E-state index contributed by atoms with van der Waals surface area (Å²) in [6.07, 6.45) is 3.84. The second kappa shape index (κ2) is 10.0. The van der Waals surface area contributed by atoms with E-state index >= 15 is 0 Å². The van der Waals surface area contributed by atoms with Crippen molar-refractivity contribution in [3.05, 3.63) is 34.7 Å². The summed E-state index contributed by atoms with van der Waals surface area (Å²) in [6, 6.07) is 7.98. The van der Waals surface area contributed by atoms with Crippen molar-refractivity contribution in [2.45, 2.75) is 52.9 Å². The topological polar surface area (TPSA) is 74.6 Å². The van der Waals surface area contributed by atoms with E-state index in [1.807, 2.05) is 23.1 Å². The van der Waals surface area contributed by atoms with Crippen LogP contribution in [0.5, 0.6) is 5.75 Å². The molecule has 4 aliphatic rings. The molecule has 1 aliphatic carbocycles. The van der Waals surface area contributed by atoms with Crippen LogP contribution in [0.2, 0.25) is 0 Å². The molecule has 1 fully saturated rings. The summed E-state index contributed by atoms with van der Waals surface area (Å²) in [5.74, 6) is 1.71. The largest absolute Gasteiger partial charge is 0.495 e. The summed E-state index contributed by atoms with van der Waals surface area (Å²) >= 11 is 1.69. The monoisotopic (exact) mass is 508 g/mol. The van der Waals surface area contributed by atoms with Gasteiger partial charge in [0.05, 0.1) is 17.8 Å². The second-order valence-electron chi connectivity index (χ2n) is 11.1. The number of aliphatic imine (C=N–C) groups is 2. The maximum atomic E-state index is 13.0. The number of piperazine rings is 1. The van der Waals surface area contributed by atoms with Crippen LogP contribution >= 0.6 is 11.8 Å². The van der Waals surface area contributed by atoms with Crippen molar-refractivity contribution in [2.75, 3.05) is 38.2 Å². The zero-order valence-corrected chi connectivity index (χ0v) is 22.6. The molecule has 0 N–H and O–H groups in total. The van der Waals surface area contributed by atoms with E-state index in [1.165, 1.54) is 10.5 Å². The van der Waals surface area contributed by atoms with Crippen molar-refractivity contribution >= 4 is 40.1 Å². The van der Waals surface area contributed by atoms with E-state index in [9.17, 15) is 9.59 Å². The molecule has 1 aromatic rings. The van der Waals surface area contributed by atoms with Crippen molar-refractivity contribution in [3.63, 3.8) is 0 Å². The highest BCUT2D eigenvalue weighted by molar-refractivity contribution is 8.17. The maximum Gasteiger partial charge on any atom is 0.261 e. The predicted octanol–water partition coefficient (Wildman–Crippen LogP) is 4.92. The molecule has 192 valence electrons. The Labute approximate surface area is 218 Å². The average molecular weight is 509 g/mol. The summed E-state index contributed by atoms with van der Waals surface area (Å²) in [4.78, 5) is 40.5. The Balaban J connectivity index is 1.15. The quantitative estimate of drug-likeness (QED) is 0.564. The highest BCUT2D eigenvalue weighted by Crippen LogP contribution is 2.52. The van der Waals surface area contributed by atoms with E-state index in [0.29, 0.717) is 37.7 Å². The third-order valence-electron chi connectivity index (χ3n) is 7.95. The molecule has 0 radical (unpaired) electrons. The molecular weight excluding hydrogens is 472 g/mol. The number of rotatable bonds is 5. The first-order chi connectivity index (χ1) is 17.2. The van der Waals surface area contributed by atoms with Gasteiger partial charge in [0.2, 0.25) is 5.91 Å². The Bertz CT molecular complexity index is 1140. The minimum absolute atomic E-state index is 0.0941. The SMILES string of the molecule is COc1ccccc1N1CCN(C(=O)CCC2=NC(=O)C3C(=N2)SC2=C3CCC(C(C)(C)C)C2)CC1. The van der Waals surface area contributed by atoms with Crippen molar-refractivity contribution in [2.24, 2.45) is 27.2 Å². The van der Waals surface area contributed by atoms with Crippen LogP contribution in [-0.2, 0) is 9.59 Å². The summed E-state index contributed by atoms with van der Waals surface area (Å²) in [7, 11) is 1.68. The molecule has 3 heterocycles. The molecule has 2 unspecified atom stereocenters. The third-order valence-corrected chi connectivity index (χ3v) is 9.16. The number of nitrogens with zero attached hydrogens (tertiary/aromatic N) is 4. The molecule has 3 aliphatic heterocycles. The molecule has 0 saturated carbocycles. The van der Waals surface area contributed by atoms with Crippen molar-refractivity contribution in [1.29, 1.82) is 0 Å². The zero-order valence-electron chi connectivity index (χ0n) is 21.7. The lowest BCUT2D eigenvalue weighted by atomic mass is 9.71. The van der Waals surface area contributed by atoms with Crippen LogP contribution in [0.1, 0.15) is 52.9 Å². The fourth-order valence-corrected chi connectivity index (χ4v) is 7.07. The molecule has 0 aromatic heterocycles. The minimum atomic E-state index is -0.270. The third kappa shape index (κ3) is 4.97. The van der Waals surface area contributed by atoms with Crippen LogP contribution in [0.4, 0.5) is 5.69 Å². The summed E-state index contributed by atoms with van der Waals surface area (Å²) in [6.45, 7) is 9.76. The van der Waals surface area contributed by atoms with Crippen LogP contribution in [-0.4, -0.2) is 60.9 Å². The van der Waals surface area contributed by atoms with Crippen LogP contribution in [0.25, 0.3) is 0 Å². The smallest absolute Gasteiger partial charge is 0.261 e. The van der Waals surface area contributed by atoms with Gasteiger partial charge in [-0.3, -0.25) is 9.59 Å². The van der Waals surface area contributed by atoms with Crippen molar-refractivity contribution in [1.82, 2.24) is 4.90 Å². The van der Waals surface area contributed by atoms with E-state index in [1.54, 1.807) is 18.9 Å². The second-order valence-corrected chi connectivity index (χ2v) is 12.3. The van der Waals surface area contributed by atoms with E-state index in [2.05, 4.69) is 36.7 Å². The Morgan fingerprint density at radius 3 is 2.61 bits per heavy atom. The Kier molecular flexibility index (Phi) is 6.99. The van der Waals surface area contributed by atoms with Gasteiger partial charge >= 0.3 is 0 Å². The summed E-state index contributed by atoms with van der Waals surface area (Å²) in [5.41, 5.74) is 2.57. The number of carbonyl (C=O) groups is 2. The van der Waals surface area contributed by atoms with Gasteiger partial charge in [-0.2, -0.15) is 4.99 Å². The van der Waals surface area contributed by atoms with Gasteiger partial charge in [-0.15, -0.1) is 0 Å². The molecule has 7 nitrogen and oxygen atoms in total. The van der Waals surface area contributed by atoms with Gasteiger partial charge in [0.25, 0.3) is 5.91 Å². The Morgan fingerprint density at radius 2 is 1.89 bits per heavy atom. The van der Waals surface area contributed by atoms with Crippen LogP contribution < -0.4 is 9.64 Å². The standard InChI is InChI=1S/C28H36N4O3S/c1-28(2,3)18-9-10-19-22(17-18)36-27-25(19)26(34)29-23(30-27)11-12-24(33)32-15-13-31(14-16-32)20-7-5-6-8-21(20)35-4/h5-8,18,25H,9-17H2,1-4H3. The number of hydrogen-bond donors (Lipinski definition) is 0. The number of fused-ring (bicyclic) bond motifs is 2.